The van der Waals surface area contributed by atoms with Crippen LogP contribution in [0.3, 0.4) is 0 Å². The minimum Gasteiger partial charge on any atom is -0.459 e. The molecule has 0 aromatic rings. The maximum atomic E-state index is 12.1. The first kappa shape index (κ1) is 16.9. The second-order valence-corrected chi connectivity index (χ2v) is 5.80. The van der Waals surface area contributed by atoms with Crippen molar-refractivity contribution in [3.8, 4) is 12.3 Å². The molecule has 2 aliphatic rings. The summed E-state index contributed by atoms with van der Waals surface area (Å²) in [6, 6.07) is 0. The maximum Gasteiger partial charge on any atom is 0.286 e. The third-order valence-corrected chi connectivity index (χ3v) is 4.20. The van der Waals surface area contributed by atoms with E-state index in [0.717, 1.165) is 6.42 Å². The van der Waals surface area contributed by atoms with Crippen molar-refractivity contribution in [2.75, 3.05) is 19.8 Å². The molecule has 1 fully saturated rings. The zero-order valence-electron chi connectivity index (χ0n) is 13.1. The molecule has 2 N–H and O–H groups in total. The average molecular weight is 307 g/mol. The molecular weight excluding hydrogens is 282 g/mol. The monoisotopic (exact) mass is 307 g/mol. The Labute approximate surface area is 132 Å². The molecule has 1 aliphatic carbocycles. The van der Waals surface area contributed by atoms with Gasteiger partial charge in [-0.15, -0.1) is 6.42 Å². The zero-order valence-corrected chi connectivity index (χ0v) is 13.1. The molecule has 0 bridgehead atoms. The van der Waals surface area contributed by atoms with E-state index in [4.69, 9.17) is 21.0 Å². The number of nitrogens with one attached hydrogen (secondary N) is 1. The predicted molar refractivity (Wildman–Crippen MR) is 82.4 cm³/mol. The molecule has 1 heterocycles. The fraction of sp³-hybridized carbons (Fsp3) is 0.706. The molecule has 122 valence electrons. The maximum absolute atomic E-state index is 12.1. The Kier molecular flexibility index (Phi) is 6.29. The Morgan fingerprint density at radius 3 is 2.95 bits per heavy atom. The van der Waals surface area contributed by atoms with Gasteiger partial charge < -0.3 is 19.9 Å². The average Bonchev–Trinajstić information content (AvgIpc) is 3.35. The summed E-state index contributed by atoms with van der Waals surface area (Å²) >= 11 is 0. The molecule has 0 aromatic carbocycles. The summed E-state index contributed by atoms with van der Waals surface area (Å²) in [5.74, 6) is 3.45. The van der Waals surface area contributed by atoms with Crippen molar-refractivity contribution in [3.63, 3.8) is 0 Å². The van der Waals surface area contributed by atoms with Crippen molar-refractivity contribution in [3.05, 3.63) is 11.8 Å². The van der Waals surface area contributed by atoms with Crippen LogP contribution in [0.15, 0.2) is 11.8 Å². The van der Waals surface area contributed by atoms with Gasteiger partial charge >= 0.3 is 0 Å². The molecule has 5 nitrogen and oxygen atoms in total. The summed E-state index contributed by atoms with van der Waals surface area (Å²) in [5, 5.41) is 11.7. The predicted octanol–water partition coefficient (Wildman–Crippen LogP) is 1.43. The van der Waals surface area contributed by atoms with Crippen LogP contribution in [0.5, 0.6) is 0 Å². The Balaban J connectivity index is 2.14. The van der Waals surface area contributed by atoms with Gasteiger partial charge in [0.25, 0.3) is 5.91 Å². The number of aliphatic hydroxyl groups is 1. The van der Waals surface area contributed by atoms with Crippen LogP contribution >= 0.6 is 0 Å². The van der Waals surface area contributed by atoms with Gasteiger partial charge in [0.05, 0.1) is 6.54 Å². The van der Waals surface area contributed by atoms with E-state index in [-0.39, 0.29) is 30.9 Å². The van der Waals surface area contributed by atoms with Crippen molar-refractivity contribution in [2.24, 2.45) is 17.8 Å². The lowest BCUT2D eigenvalue weighted by molar-refractivity contribution is -0.173. The molecule has 2 rings (SSSR count). The number of allylic oxidation sites excluding steroid dienone is 1. The highest BCUT2D eigenvalue weighted by molar-refractivity contribution is 5.91. The summed E-state index contributed by atoms with van der Waals surface area (Å²) in [7, 11) is 0. The van der Waals surface area contributed by atoms with Gasteiger partial charge in [-0.05, 0) is 50.5 Å². The number of carbonyl (C=O) groups excluding carboxylic acids is 1. The van der Waals surface area contributed by atoms with Crippen LogP contribution in [-0.4, -0.2) is 37.1 Å². The molecule has 0 radical (unpaired) electrons. The molecule has 1 aliphatic heterocycles. The fourth-order valence-electron chi connectivity index (χ4n) is 3.02. The summed E-state index contributed by atoms with van der Waals surface area (Å²) < 4.78 is 11.5. The second kappa shape index (κ2) is 8.21. The normalized spacial score (nSPS) is 27.5. The molecule has 1 amide bonds. The van der Waals surface area contributed by atoms with Crippen LogP contribution in [0.4, 0.5) is 0 Å². The van der Waals surface area contributed by atoms with Crippen molar-refractivity contribution >= 4 is 5.91 Å². The number of aliphatic hydroxyl groups excluding tert-OH is 1. The van der Waals surface area contributed by atoms with Gasteiger partial charge in [-0.25, -0.2) is 0 Å². The number of amides is 1. The SMILES string of the molecule is C#CCNC(=O)C1=C[C@@H](C2CC2)[C@@H](CCCO)[C@@H](OCC)O1. The second-order valence-electron chi connectivity index (χ2n) is 5.80. The molecule has 0 spiro atoms. The number of carbonyl (C=O) groups is 1. The molecule has 3 atom stereocenters. The molecule has 0 unspecified atom stereocenters. The lowest BCUT2D eigenvalue weighted by Crippen LogP contribution is -2.40. The standard InChI is InChI=1S/C17H25NO4/c1-3-9-18-16(20)15-11-14(12-7-8-12)13(6-5-10-19)17(22-15)21-4-2/h1,11-14,17,19H,4-10H2,2H3,(H,18,20)/t13-,14+,17+/m1/s1. The quantitative estimate of drug-likeness (QED) is 0.666. The van der Waals surface area contributed by atoms with Gasteiger partial charge in [0.15, 0.2) is 5.76 Å². The van der Waals surface area contributed by atoms with Gasteiger partial charge in [0.2, 0.25) is 6.29 Å². The first-order valence-corrected chi connectivity index (χ1v) is 8.03. The van der Waals surface area contributed by atoms with Crippen LogP contribution in [0.25, 0.3) is 0 Å². The highest BCUT2D eigenvalue weighted by Gasteiger charge is 2.43. The first-order valence-electron chi connectivity index (χ1n) is 8.03. The van der Waals surface area contributed by atoms with Crippen molar-refractivity contribution in [1.29, 1.82) is 0 Å². The number of terminal acetylenes is 1. The zero-order chi connectivity index (χ0) is 15.9. The highest BCUT2D eigenvalue weighted by Crippen LogP contribution is 2.47. The lowest BCUT2D eigenvalue weighted by atomic mass is 9.82. The number of rotatable bonds is 8. The fourth-order valence-corrected chi connectivity index (χ4v) is 3.02. The number of hydrogen-bond donors (Lipinski definition) is 2. The summed E-state index contributed by atoms with van der Waals surface area (Å²) in [6.45, 7) is 2.78. The summed E-state index contributed by atoms with van der Waals surface area (Å²) in [4.78, 5) is 12.1. The Morgan fingerprint density at radius 1 is 1.59 bits per heavy atom. The Morgan fingerprint density at radius 2 is 2.36 bits per heavy atom. The summed E-state index contributed by atoms with van der Waals surface area (Å²) in [6.07, 6.45) is 10.6. The van der Waals surface area contributed by atoms with E-state index in [2.05, 4.69) is 11.2 Å². The smallest absolute Gasteiger partial charge is 0.286 e. The molecule has 5 heteroatoms. The van der Waals surface area contributed by atoms with Crippen molar-refractivity contribution in [2.45, 2.75) is 38.9 Å². The first-order chi connectivity index (χ1) is 10.7. The van der Waals surface area contributed by atoms with Gasteiger partial charge in [0.1, 0.15) is 0 Å². The minimum absolute atomic E-state index is 0.159. The summed E-state index contributed by atoms with van der Waals surface area (Å²) in [5.41, 5.74) is 0. The molecule has 0 saturated heterocycles. The number of ether oxygens (including phenoxy) is 2. The third-order valence-electron chi connectivity index (χ3n) is 4.20. The Bertz CT molecular complexity index is 450. The third kappa shape index (κ3) is 4.25. The highest BCUT2D eigenvalue weighted by atomic mass is 16.7. The lowest BCUT2D eigenvalue weighted by Gasteiger charge is -2.37. The van der Waals surface area contributed by atoms with Crippen molar-refractivity contribution in [1.82, 2.24) is 5.32 Å². The van der Waals surface area contributed by atoms with E-state index in [1.54, 1.807) is 0 Å². The van der Waals surface area contributed by atoms with Crippen LogP contribution in [0, 0.1) is 30.1 Å². The van der Waals surface area contributed by atoms with Gasteiger partial charge in [-0.1, -0.05) is 5.92 Å². The van der Waals surface area contributed by atoms with Gasteiger partial charge in [0, 0.05) is 19.1 Å². The minimum atomic E-state index is -0.432. The topological polar surface area (TPSA) is 67.8 Å². The van der Waals surface area contributed by atoms with Crippen molar-refractivity contribution < 1.29 is 19.4 Å². The molecule has 22 heavy (non-hydrogen) atoms. The van der Waals surface area contributed by atoms with E-state index < -0.39 is 6.29 Å². The van der Waals surface area contributed by atoms with Crippen LogP contribution in [-0.2, 0) is 14.3 Å². The molecular formula is C17H25NO4. The number of hydrogen-bond acceptors (Lipinski definition) is 4. The van der Waals surface area contributed by atoms with E-state index in [9.17, 15) is 4.79 Å². The largest absolute Gasteiger partial charge is 0.459 e. The van der Waals surface area contributed by atoms with E-state index in [1.807, 2.05) is 13.0 Å². The van der Waals surface area contributed by atoms with E-state index >= 15 is 0 Å². The Hall–Kier alpha value is -1.51. The van der Waals surface area contributed by atoms with Gasteiger partial charge in [-0.3, -0.25) is 4.79 Å². The van der Waals surface area contributed by atoms with Crippen LogP contribution < -0.4 is 5.32 Å². The van der Waals surface area contributed by atoms with Gasteiger partial charge in [-0.2, -0.15) is 0 Å². The van der Waals surface area contributed by atoms with E-state index in [0.29, 0.717) is 24.7 Å². The van der Waals surface area contributed by atoms with Crippen LogP contribution in [0.1, 0.15) is 32.6 Å². The van der Waals surface area contributed by atoms with E-state index in [1.165, 1.54) is 12.8 Å². The van der Waals surface area contributed by atoms with Crippen LogP contribution in [0.2, 0.25) is 0 Å². The molecule has 0 aromatic heterocycles. The molecule has 1 saturated carbocycles.